The van der Waals surface area contributed by atoms with Crippen molar-refractivity contribution < 1.29 is 14.7 Å². The fraction of sp³-hybridized carbons (Fsp3) is 0.167. The minimum atomic E-state index is -0.331. The molecule has 0 aliphatic heterocycles. The van der Waals surface area contributed by atoms with Crippen molar-refractivity contribution in [1.29, 1.82) is 5.26 Å². The van der Waals surface area contributed by atoms with E-state index in [1.807, 2.05) is 19.1 Å². The molecule has 2 amide bonds. The lowest BCUT2D eigenvalue weighted by Gasteiger charge is -2.10. The highest BCUT2D eigenvalue weighted by Crippen LogP contribution is 2.26. The first-order valence-corrected chi connectivity index (χ1v) is 8.01. The second-order valence-corrected chi connectivity index (χ2v) is 5.32. The molecular formula is C18H19ClN4O3. The molecule has 8 heteroatoms. The van der Waals surface area contributed by atoms with Gasteiger partial charge in [-0.15, -0.1) is 0 Å². The number of benzene rings is 2. The quantitative estimate of drug-likeness (QED) is 0.456. The molecule has 0 aliphatic carbocycles. The molecule has 2 aromatic carbocycles. The standard InChI is InChI=1S/C10H11ClN2O.C8H8N2O2/c1-7-9(13-4-5-14)3-2-8(6-12)10(7)11;11-6-9-10-8(12)7-4-2-1-3-5-7/h2-3,13-14H,4-5H2,1H3;1-6H,(H,9,11)(H,10,12). The van der Waals surface area contributed by atoms with Crippen molar-refractivity contribution in [2.24, 2.45) is 0 Å². The zero-order chi connectivity index (χ0) is 19.4. The van der Waals surface area contributed by atoms with Crippen LogP contribution in [0.3, 0.4) is 0 Å². The monoisotopic (exact) mass is 374 g/mol. The Hall–Kier alpha value is -3.08. The highest BCUT2D eigenvalue weighted by Gasteiger charge is 2.06. The number of nitrogens with one attached hydrogen (secondary N) is 3. The van der Waals surface area contributed by atoms with Crippen LogP contribution in [-0.4, -0.2) is 30.6 Å². The molecule has 0 atom stereocenters. The first-order valence-electron chi connectivity index (χ1n) is 7.63. The number of hydrogen-bond donors (Lipinski definition) is 4. The summed E-state index contributed by atoms with van der Waals surface area (Å²) in [5, 5.41) is 20.8. The van der Waals surface area contributed by atoms with E-state index in [2.05, 4.69) is 16.2 Å². The highest BCUT2D eigenvalue weighted by molar-refractivity contribution is 6.32. The van der Waals surface area contributed by atoms with Gasteiger partial charge in [-0.3, -0.25) is 20.4 Å². The van der Waals surface area contributed by atoms with Crippen LogP contribution in [0.15, 0.2) is 42.5 Å². The molecule has 0 aliphatic rings. The van der Waals surface area contributed by atoms with Crippen molar-refractivity contribution in [3.05, 3.63) is 64.2 Å². The topological polar surface area (TPSA) is 114 Å². The van der Waals surface area contributed by atoms with Gasteiger partial charge in [-0.05, 0) is 36.8 Å². The van der Waals surface area contributed by atoms with Crippen molar-refractivity contribution in [3.8, 4) is 6.07 Å². The molecule has 136 valence electrons. The number of rotatable bonds is 6. The molecule has 2 rings (SSSR count). The smallest absolute Gasteiger partial charge is 0.269 e. The van der Waals surface area contributed by atoms with Gasteiger partial charge in [-0.25, -0.2) is 0 Å². The molecule has 0 unspecified atom stereocenters. The van der Waals surface area contributed by atoms with Crippen LogP contribution >= 0.6 is 11.6 Å². The van der Waals surface area contributed by atoms with Crippen LogP contribution in [0.2, 0.25) is 5.02 Å². The zero-order valence-corrected chi connectivity index (χ0v) is 14.9. The van der Waals surface area contributed by atoms with E-state index >= 15 is 0 Å². The molecule has 0 radical (unpaired) electrons. The van der Waals surface area contributed by atoms with E-state index in [1.54, 1.807) is 36.4 Å². The molecule has 0 heterocycles. The summed E-state index contributed by atoms with van der Waals surface area (Å²) in [4.78, 5) is 20.9. The molecular weight excluding hydrogens is 356 g/mol. The van der Waals surface area contributed by atoms with Crippen LogP contribution < -0.4 is 16.2 Å². The number of aliphatic hydroxyl groups excluding tert-OH is 1. The average Bonchev–Trinajstić information content (AvgIpc) is 2.68. The second-order valence-electron chi connectivity index (χ2n) is 4.94. The fourth-order valence-corrected chi connectivity index (χ4v) is 2.12. The van der Waals surface area contributed by atoms with Crippen molar-refractivity contribution in [3.63, 3.8) is 0 Å². The van der Waals surface area contributed by atoms with Crippen LogP contribution in [0.5, 0.6) is 0 Å². The number of nitrogens with zero attached hydrogens (tertiary/aromatic N) is 1. The van der Waals surface area contributed by atoms with Crippen LogP contribution in [0.1, 0.15) is 21.5 Å². The Balaban J connectivity index is 0.000000263. The molecule has 4 N–H and O–H groups in total. The summed E-state index contributed by atoms with van der Waals surface area (Å²) in [6.07, 6.45) is 0.404. The Morgan fingerprint density at radius 3 is 2.54 bits per heavy atom. The predicted octanol–water partition coefficient (Wildman–Crippen LogP) is 2.00. The van der Waals surface area contributed by atoms with Gasteiger partial charge in [0.2, 0.25) is 6.41 Å². The van der Waals surface area contributed by atoms with Crippen molar-refractivity contribution in [1.82, 2.24) is 10.9 Å². The van der Waals surface area contributed by atoms with Gasteiger partial charge in [0.1, 0.15) is 6.07 Å². The van der Waals surface area contributed by atoms with Gasteiger partial charge in [0.05, 0.1) is 17.2 Å². The maximum absolute atomic E-state index is 11.1. The average molecular weight is 375 g/mol. The Labute approximate surface area is 156 Å². The van der Waals surface area contributed by atoms with E-state index in [-0.39, 0.29) is 12.5 Å². The van der Waals surface area contributed by atoms with Crippen molar-refractivity contribution in [2.75, 3.05) is 18.5 Å². The molecule has 0 saturated heterocycles. The summed E-state index contributed by atoms with van der Waals surface area (Å²) in [7, 11) is 0. The van der Waals surface area contributed by atoms with Crippen molar-refractivity contribution >= 4 is 29.6 Å². The van der Waals surface area contributed by atoms with Gasteiger partial charge >= 0.3 is 0 Å². The van der Waals surface area contributed by atoms with E-state index in [0.29, 0.717) is 29.1 Å². The van der Waals surface area contributed by atoms with Gasteiger partial charge in [0.25, 0.3) is 5.91 Å². The van der Waals surface area contributed by atoms with Gasteiger partial charge in [0, 0.05) is 17.8 Å². The predicted molar refractivity (Wildman–Crippen MR) is 99.6 cm³/mol. The highest BCUT2D eigenvalue weighted by atomic mass is 35.5. The summed E-state index contributed by atoms with van der Waals surface area (Å²) < 4.78 is 0. The molecule has 0 saturated carbocycles. The van der Waals surface area contributed by atoms with E-state index in [0.717, 1.165) is 11.3 Å². The number of amides is 2. The minimum absolute atomic E-state index is 0.0665. The van der Waals surface area contributed by atoms with E-state index in [4.69, 9.17) is 22.0 Å². The third-order valence-corrected chi connectivity index (χ3v) is 3.70. The number of nitriles is 1. The lowest BCUT2D eigenvalue weighted by atomic mass is 10.1. The Bertz CT molecular complexity index is 776. The molecule has 0 fully saturated rings. The Morgan fingerprint density at radius 2 is 1.96 bits per heavy atom. The maximum Gasteiger partial charge on any atom is 0.269 e. The van der Waals surface area contributed by atoms with Crippen LogP contribution in [0, 0.1) is 18.3 Å². The Kier molecular flexibility index (Phi) is 9.25. The molecule has 0 bridgehead atoms. The number of hydrogen-bond acceptors (Lipinski definition) is 5. The number of halogens is 1. The normalized spacial score (nSPS) is 9.15. The second kappa shape index (κ2) is 11.5. The Morgan fingerprint density at radius 1 is 1.27 bits per heavy atom. The number of carbonyl (C=O) groups is 2. The fourth-order valence-electron chi connectivity index (χ4n) is 1.91. The first-order chi connectivity index (χ1) is 12.5. The van der Waals surface area contributed by atoms with Gasteiger partial charge in [-0.2, -0.15) is 5.26 Å². The lowest BCUT2D eigenvalue weighted by molar-refractivity contribution is -0.110. The first kappa shape index (κ1) is 21.0. The molecule has 0 spiro atoms. The zero-order valence-electron chi connectivity index (χ0n) is 14.1. The minimum Gasteiger partial charge on any atom is -0.395 e. The summed E-state index contributed by atoms with van der Waals surface area (Å²) in [5.41, 5.74) is 6.92. The number of hydrazine groups is 1. The number of anilines is 1. The van der Waals surface area contributed by atoms with Crippen molar-refractivity contribution in [2.45, 2.75) is 6.92 Å². The molecule has 26 heavy (non-hydrogen) atoms. The summed E-state index contributed by atoms with van der Waals surface area (Å²) >= 11 is 5.95. The number of aliphatic hydroxyl groups is 1. The van der Waals surface area contributed by atoms with E-state index in [9.17, 15) is 9.59 Å². The molecule has 0 aromatic heterocycles. The molecule has 7 nitrogen and oxygen atoms in total. The van der Waals surface area contributed by atoms with E-state index in [1.165, 1.54) is 0 Å². The van der Waals surface area contributed by atoms with Crippen LogP contribution in [-0.2, 0) is 4.79 Å². The van der Waals surface area contributed by atoms with Gasteiger partial charge in [-0.1, -0.05) is 29.8 Å². The number of carbonyl (C=O) groups excluding carboxylic acids is 2. The van der Waals surface area contributed by atoms with Crippen LogP contribution in [0.25, 0.3) is 0 Å². The summed E-state index contributed by atoms with van der Waals surface area (Å²) in [5.74, 6) is -0.331. The SMILES string of the molecule is Cc1c(NCCO)ccc(C#N)c1Cl.O=CNNC(=O)c1ccccc1. The summed E-state index contributed by atoms with van der Waals surface area (Å²) in [6, 6.07) is 14.1. The third-order valence-electron chi connectivity index (χ3n) is 3.21. The van der Waals surface area contributed by atoms with Crippen LogP contribution in [0.4, 0.5) is 5.69 Å². The maximum atomic E-state index is 11.1. The van der Waals surface area contributed by atoms with E-state index < -0.39 is 0 Å². The van der Waals surface area contributed by atoms with Gasteiger partial charge in [0.15, 0.2) is 0 Å². The summed E-state index contributed by atoms with van der Waals surface area (Å²) in [6.45, 7) is 2.38. The molecule has 2 aromatic rings. The van der Waals surface area contributed by atoms with Gasteiger partial charge < -0.3 is 10.4 Å². The third kappa shape index (κ3) is 6.43. The largest absolute Gasteiger partial charge is 0.395 e. The lowest BCUT2D eigenvalue weighted by Crippen LogP contribution is -2.36.